The smallest absolute Gasteiger partial charge is 0.373 e. The molecule has 0 bridgehead atoms. The van der Waals surface area contributed by atoms with E-state index in [2.05, 4.69) is 4.74 Å². The Morgan fingerprint density at radius 3 is 2.92 bits per heavy atom. The molecule has 1 aromatic heterocycles. The molecule has 0 fully saturated rings. The number of benzene rings is 1. The second kappa shape index (κ2) is 7.31. The van der Waals surface area contributed by atoms with Gasteiger partial charge in [-0.3, -0.25) is 0 Å². The molecule has 0 N–H and O–H groups in total. The number of carbonyl (C=O) groups is 2. The third-order valence-electron chi connectivity index (χ3n) is 3.27. The lowest BCUT2D eigenvalue weighted by Crippen LogP contribution is -2.01. The van der Waals surface area contributed by atoms with Crippen LogP contribution in [0, 0.1) is 0 Å². The summed E-state index contributed by atoms with van der Waals surface area (Å²) in [4.78, 5) is 23.0. The normalized spacial score (nSPS) is 12.4. The molecule has 2 aromatic rings. The van der Waals surface area contributed by atoms with Crippen LogP contribution < -0.4 is 9.47 Å². The van der Waals surface area contributed by atoms with Crippen molar-refractivity contribution < 1.29 is 33.0 Å². The van der Waals surface area contributed by atoms with E-state index < -0.39 is 11.9 Å². The summed E-state index contributed by atoms with van der Waals surface area (Å²) in [7, 11) is 1.25. The quantitative estimate of drug-likeness (QED) is 0.595. The van der Waals surface area contributed by atoms with Crippen LogP contribution in [-0.2, 0) is 20.9 Å². The van der Waals surface area contributed by atoms with Crippen molar-refractivity contribution in [1.82, 2.24) is 0 Å². The van der Waals surface area contributed by atoms with Gasteiger partial charge in [0, 0.05) is 6.08 Å². The highest BCUT2D eigenvalue weighted by atomic mass is 35.5. The summed E-state index contributed by atoms with van der Waals surface area (Å²) in [5.74, 6) is 0.196. The third kappa shape index (κ3) is 3.95. The van der Waals surface area contributed by atoms with E-state index in [-0.39, 0.29) is 19.2 Å². The number of hydrogen-bond donors (Lipinski definition) is 0. The molecule has 0 spiro atoms. The van der Waals surface area contributed by atoms with E-state index in [1.807, 2.05) is 0 Å². The van der Waals surface area contributed by atoms with Crippen molar-refractivity contribution in [2.45, 2.75) is 6.61 Å². The Balaban J connectivity index is 1.57. The van der Waals surface area contributed by atoms with Crippen LogP contribution in [0.3, 0.4) is 0 Å². The van der Waals surface area contributed by atoms with Crippen molar-refractivity contribution in [1.29, 1.82) is 0 Å². The molecular weight excluding hydrogens is 352 g/mol. The first-order valence-corrected chi connectivity index (χ1v) is 7.55. The molecule has 0 radical (unpaired) electrons. The average Bonchev–Trinajstić information content (AvgIpc) is 3.26. The van der Waals surface area contributed by atoms with Gasteiger partial charge >= 0.3 is 11.9 Å². The molecule has 25 heavy (non-hydrogen) atoms. The summed E-state index contributed by atoms with van der Waals surface area (Å²) < 4.78 is 25.2. The van der Waals surface area contributed by atoms with Crippen LogP contribution in [0.15, 0.2) is 34.8 Å². The predicted molar refractivity (Wildman–Crippen MR) is 86.5 cm³/mol. The maximum atomic E-state index is 11.8. The minimum atomic E-state index is -0.600. The van der Waals surface area contributed by atoms with Gasteiger partial charge in [-0.25, -0.2) is 9.59 Å². The molecule has 0 saturated heterocycles. The first-order valence-electron chi connectivity index (χ1n) is 7.18. The molecule has 0 amide bonds. The molecular formula is C17H13ClO7. The Morgan fingerprint density at radius 2 is 2.12 bits per heavy atom. The Bertz CT molecular complexity index is 838. The van der Waals surface area contributed by atoms with Crippen LogP contribution in [0.5, 0.6) is 11.5 Å². The second-order valence-electron chi connectivity index (χ2n) is 4.94. The SMILES string of the molecule is COC(=O)c1ccc(COC(=O)/C=C/c2cc(Cl)c3c(c2)OCO3)o1. The highest BCUT2D eigenvalue weighted by Gasteiger charge is 2.17. The summed E-state index contributed by atoms with van der Waals surface area (Å²) in [6.07, 6.45) is 2.79. The van der Waals surface area contributed by atoms with Crippen LogP contribution in [0.4, 0.5) is 0 Å². The Hall–Kier alpha value is -2.93. The van der Waals surface area contributed by atoms with Crippen molar-refractivity contribution in [3.05, 3.63) is 52.4 Å². The molecule has 0 aliphatic carbocycles. The fourth-order valence-electron chi connectivity index (χ4n) is 2.10. The molecule has 130 valence electrons. The molecule has 3 rings (SSSR count). The van der Waals surface area contributed by atoms with Gasteiger partial charge in [0.05, 0.1) is 12.1 Å². The fourth-order valence-corrected chi connectivity index (χ4v) is 2.38. The Labute approximate surface area is 147 Å². The maximum absolute atomic E-state index is 11.8. The molecule has 0 saturated carbocycles. The lowest BCUT2D eigenvalue weighted by Gasteiger charge is -2.01. The Kier molecular flexibility index (Phi) is 4.95. The van der Waals surface area contributed by atoms with Gasteiger partial charge in [0.15, 0.2) is 11.5 Å². The van der Waals surface area contributed by atoms with Crippen molar-refractivity contribution in [3.8, 4) is 11.5 Å². The topological polar surface area (TPSA) is 84.2 Å². The third-order valence-corrected chi connectivity index (χ3v) is 3.55. The molecule has 0 atom stereocenters. The number of methoxy groups -OCH3 is 1. The van der Waals surface area contributed by atoms with E-state index in [9.17, 15) is 9.59 Å². The fraction of sp³-hybridized carbons (Fsp3) is 0.176. The van der Waals surface area contributed by atoms with Crippen molar-refractivity contribution >= 4 is 29.6 Å². The number of hydrogen-bond acceptors (Lipinski definition) is 7. The molecule has 7 nitrogen and oxygen atoms in total. The van der Waals surface area contributed by atoms with E-state index in [1.165, 1.54) is 31.4 Å². The van der Waals surface area contributed by atoms with E-state index in [1.54, 1.807) is 12.1 Å². The monoisotopic (exact) mass is 364 g/mol. The minimum absolute atomic E-state index is 0.0408. The van der Waals surface area contributed by atoms with Gasteiger partial charge in [-0.05, 0) is 35.9 Å². The standard InChI is InChI=1S/C17H13ClO7/c1-21-17(20)13-4-3-11(25-13)8-22-15(19)5-2-10-6-12(18)16-14(7-10)23-9-24-16/h2-7H,8-9H2,1H3/b5-2+. The number of fused-ring (bicyclic) bond motifs is 1. The molecule has 0 unspecified atom stereocenters. The van der Waals surface area contributed by atoms with Gasteiger partial charge in [-0.1, -0.05) is 11.6 Å². The predicted octanol–water partition coefficient (Wildman–Crippen LogP) is 3.20. The number of furan rings is 1. The Morgan fingerprint density at radius 1 is 1.28 bits per heavy atom. The van der Waals surface area contributed by atoms with Crippen LogP contribution in [0.25, 0.3) is 6.08 Å². The summed E-state index contributed by atoms with van der Waals surface area (Å²) in [6.45, 7) is 0.00301. The van der Waals surface area contributed by atoms with Crippen LogP contribution >= 0.6 is 11.6 Å². The number of esters is 2. The molecule has 2 heterocycles. The number of rotatable bonds is 5. The molecule has 8 heteroatoms. The van der Waals surface area contributed by atoms with Gasteiger partial charge in [0.2, 0.25) is 12.6 Å². The van der Waals surface area contributed by atoms with Crippen molar-refractivity contribution in [3.63, 3.8) is 0 Å². The second-order valence-corrected chi connectivity index (χ2v) is 5.34. The first kappa shape index (κ1) is 16.9. The lowest BCUT2D eigenvalue weighted by molar-refractivity contribution is -0.139. The lowest BCUT2D eigenvalue weighted by atomic mass is 10.2. The summed E-state index contributed by atoms with van der Waals surface area (Å²) >= 11 is 6.07. The zero-order valence-corrected chi connectivity index (χ0v) is 13.9. The van der Waals surface area contributed by atoms with Gasteiger partial charge in [0.25, 0.3) is 0 Å². The van der Waals surface area contributed by atoms with E-state index in [4.69, 9.17) is 30.2 Å². The van der Waals surface area contributed by atoms with Crippen molar-refractivity contribution in [2.24, 2.45) is 0 Å². The van der Waals surface area contributed by atoms with Crippen LogP contribution in [0.1, 0.15) is 21.9 Å². The van der Waals surface area contributed by atoms with E-state index in [0.717, 1.165) is 0 Å². The largest absolute Gasteiger partial charge is 0.463 e. The number of ether oxygens (including phenoxy) is 4. The highest BCUT2D eigenvalue weighted by molar-refractivity contribution is 6.32. The molecule has 1 aromatic carbocycles. The van der Waals surface area contributed by atoms with Crippen LogP contribution in [0.2, 0.25) is 5.02 Å². The average molecular weight is 365 g/mol. The van der Waals surface area contributed by atoms with Gasteiger partial charge in [-0.15, -0.1) is 0 Å². The van der Waals surface area contributed by atoms with E-state index in [0.29, 0.717) is 27.8 Å². The van der Waals surface area contributed by atoms with E-state index >= 15 is 0 Å². The van der Waals surface area contributed by atoms with Crippen molar-refractivity contribution in [2.75, 3.05) is 13.9 Å². The van der Waals surface area contributed by atoms with Crippen LogP contribution in [-0.4, -0.2) is 25.8 Å². The van der Waals surface area contributed by atoms with Gasteiger partial charge < -0.3 is 23.4 Å². The van der Waals surface area contributed by atoms with Gasteiger partial charge in [-0.2, -0.15) is 0 Å². The summed E-state index contributed by atoms with van der Waals surface area (Å²) in [5.41, 5.74) is 0.664. The number of halogens is 1. The zero-order valence-electron chi connectivity index (χ0n) is 13.1. The molecule has 1 aliphatic rings. The zero-order chi connectivity index (χ0) is 17.8. The highest BCUT2D eigenvalue weighted by Crippen LogP contribution is 2.40. The maximum Gasteiger partial charge on any atom is 0.373 e. The van der Waals surface area contributed by atoms with Gasteiger partial charge in [0.1, 0.15) is 12.4 Å². The number of carbonyl (C=O) groups excluding carboxylic acids is 2. The minimum Gasteiger partial charge on any atom is -0.463 e. The summed E-state index contributed by atoms with van der Waals surface area (Å²) in [5, 5.41) is 0.397. The molecule has 1 aliphatic heterocycles. The first-order chi connectivity index (χ1) is 12.1. The summed E-state index contributed by atoms with van der Waals surface area (Å²) in [6, 6.07) is 6.32.